The second kappa shape index (κ2) is 3.20. The summed E-state index contributed by atoms with van der Waals surface area (Å²) in [5.41, 5.74) is 6.52. The van der Waals surface area contributed by atoms with Gasteiger partial charge in [-0.3, -0.25) is 4.98 Å². The van der Waals surface area contributed by atoms with Crippen molar-refractivity contribution in [3.63, 3.8) is 0 Å². The summed E-state index contributed by atoms with van der Waals surface area (Å²) in [6.07, 6.45) is 2.20. The maximum Gasteiger partial charge on any atom is 0.0488 e. The van der Waals surface area contributed by atoms with Gasteiger partial charge in [0.2, 0.25) is 0 Å². The molecule has 0 saturated carbocycles. The summed E-state index contributed by atoms with van der Waals surface area (Å²) in [7, 11) is 0. The molecule has 0 aliphatic heterocycles. The Labute approximate surface area is 89.8 Å². The maximum atomic E-state index is 4.61. The minimum absolute atomic E-state index is 1.08. The third-order valence-electron chi connectivity index (χ3n) is 3.05. The standard InChI is InChI=1S/C14H13N/c1-10-6-8-13-12-5-3-2-4-11(12)7-9-14(13)15-10/h2-6,8H,7,9H2,1H3. The van der Waals surface area contributed by atoms with Gasteiger partial charge in [-0.25, -0.2) is 0 Å². The van der Waals surface area contributed by atoms with Crippen LogP contribution in [0.15, 0.2) is 36.4 Å². The van der Waals surface area contributed by atoms with E-state index in [2.05, 4.69) is 48.3 Å². The third-order valence-corrected chi connectivity index (χ3v) is 3.05. The van der Waals surface area contributed by atoms with Crippen LogP contribution in [0.2, 0.25) is 0 Å². The number of pyridine rings is 1. The van der Waals surface area contributed by atoms with Crippen molar-refractivity contribution in [3.05, 3.63) is 53.3 Å². The lowest BCUT2D eigenvalue weighted by atomic mass is 9.88. The molecule has 0 N–H and O–H groups in total. The van der Waals surface area contributed by atoms with Crippen molar-refractivity contribution >= 4 is 0 Å². The molecule has 0 radical (unpaired) electrons. The molecule has 0 bridgehead atoms. The number of nitrogens with zero attached hydrogens (tertiary/aromatic N) is 1. The molecule has 0 saturated heterocycles. The fourth-order valence-corrected chi connectivity index (χ4v) is 2.30. The van der Waals surface area contributed by atoms with E-state index in [-0.39, 0.29) is 0 Å². The number of hydrogen-bond donors (Lipinski definition) is 0. The van der Waals surface area contributed by atoms with Crippen LogP contribution in [-0.4, -0.2) is 4.98 Å². The molecule has 1 heteroatoms. The lowest BCUT2D eigenvalue weighted by Gasteiger charge is -2.18. The molecule has 0 spiro atoms. The first-order chi connectivity index (χ1) is 7.34. The minimum atomic E-state index is 1.08. The van der Waals surface area contributed by atoms with E-state index < -0.39 is 0 Å². The Kier molecular flexibility index (Phi) is 1.84. The van der Waals surface area contributed by atoms with Crippen LogP contribution in [0.4, 0.5) is 0 Å². The van der Waals surface area contributed by atoms with Crippen LogP contribution in [0.3, 0.4) is 0 Å². The maximum absolute atomic E-state index is 4.61. The molecule has 1 aliphatic carbocycles. The van der Waals surface area contributed by atoms with Gasteiger partial charge in [-0.2, -0.15) is 0 Å². The van der Waals surface area contributed by atoms with Gasteiger partial charge in [0.15, 0.2) is 0 Å². The second-order valence-corrected chi connectivity index (χ2v) is 4.10. The Bertz CT molecular complexity index is 514. The highest BCUT2D eigenvalue weighted by atomic mass is 14.7. The van der Waals surface area contributed by atoms with Gasteiger partial charge in [-0.1, -0.05) is 30.3 Å². The SMILES string of the molecule is Cc1ccc2c(n1)CCc1ccccc1-2. The van der Waals surface area contributed by atoms with Crippen molar-refractivity contribution in [1.29, 1.82) is 0 Å². The average molecular weight is 195 g/mol. The van der Waals surface area contributed by atoms with E-state index in [0.717, 1.165) is 18.5 Å². The zero-order valence-electron chi connectivity index (χ0n) is 8.83. The fourth-order valence-electron chi connectivity index (χ4n) is 2.30. The van der Waals surface area contributed by atoms with E-state index in [1.54, 1.807) is 0 Å². The predicted octanol–water partition coefficient (Wildman–Crippen LogP) is 3.16. The van der Waals surface area contributed by atoms with E-state index >= 15 is 0 Å². The van der Waals surface area contributed by atoms with Crippen molar-refractivity contribution in [3.8, 4) is 11.1 Å². The molecule has 1 heterocycles. The lowest BCUT2D eigenvalue weighted by molar-refractivity contribution is 0.886. The van der Waals surface area contributed by atoms with Gasteiger partial charge in [0.25, 0.3) is 0 Å². The molecule has 0 amide bonds. The van der Waals surface area contributed by atoms with Gasteiger partial charge in [0.05, 0.1) is 0 Å². The topological polar surface area (TPSA) is 12.9 Å². The van der Waals surface area contributed by atoms with Crippen LogP contribution < -0.4 is 0 Å². The van der Waals surface area contributed by atoms with Gasteiger partial charge in [0.1, 0.15) is 0 Å². The molecule has 1 aliphatic rings. The van der Waals surface area contributed by atoms with E-state index in [4.69, 9.17) is 0 Å². The highest BCUT2D eigenvalue weighted by Crippen LogP contribution is 2.32. The largest absolute Gasteiger partial charge is 0.258 e. The van der Waals surface area contributed by atoms with Crippen LogP contribution in [-0.2, 0) is 12.8 Å². The predicted molar refractivity (Wildman–Crippen MR) is 61.8 cm³/mol. The van der Waals surface area contributed by atoms with Gasteiger partial charge >= 0.3 is 0 Å². The van der Waals surface area contributed by atoms with E-state index in [9.17, 15) is 0 Å². The van der Waals surface area contributed by atoms with Crippen molar-refractivity contribution in [1.82, 2.24) is 4.98 Å². The van der Waals surface area contributed by atoms with Crippen LogP contribution in [0.1, 0.15) is 17.0 Å². The molecular weight excluding hydrogens is 182 g/mol. The summed E-state index contributed by atoms with van der Waals surface area (Å²) in [5.74, 6) is 0. The fraction of sp³-hybridized carbons (Fsp3) is 0.214. The van der Waals surface area contributed by atoms with Crippen molar-refractivity contribution in [2.45, 2.75) is 19.8 Å². The van der Waals surface area contributed by atoms with Crippen LogP contribution >= 0.6 is 0 Å². The first-order valence-electron chi connectivity index (χ1n) is 5.39. The minimum Gasteiger partial charge on any atom is -0.258 e. The van der Waals surface area contributed by atoms with Crippen LogP contribution in [0.25, 0.3) is 11.1 Å². The number of aromatic nitrogens is 1. The number of rotatable bonds is 0. The highest BCUT2D eigenvalue weighted by Gasteiger charge is 2.15. The van der Waals surface area contributed by atoms with Crippen molar-refractivity contribution in [2.24, 2.45) is 0 Å². The normalized spacial score (nSPS) is 13.1. The molecule has 2 aromatic rings. The third kappa shape index (κ3) is 1.35. The summed E-state index contributed by atoms with van der Waals surface area (Å²) in [6, 6.07) is 12.9. The van der Waals surface area contributed by atoms with E-state index in [1.165, 1.54) is 22.4 Å². The highest BCUT2D eigenvalue weighted by molar-refractivity contribution is 5.71. The zero-order valence-corrected chi connectivity index (χ0v) is 8.83. The summed E-state index contributed by atoms with van der Waals surface area (Å²) in [4.78, 5) is 4.61. The molecule has 0 fully saturated rings. The molecule has 3 rings (SSSR count). The smallest absolute Gasteiger partial charge is 0.0488 e. The summed E-state index contributed by atoms with van der Waals surface area (Å²) >= 11 is 0. The van der Waals surface area contributed by atoms with E-state index in [1.807, 2.05) is 0 Å². The Morgan fingerprint density at radius 3 is 2.73 bits per heavy atom. The summed E-state index contributed by atoms with van der Waals surface area (Å²) in [5, 5.41) is 0. The number of fused-ring (bicyclic) bond motifs is 3. The molecule has 0 atom stereocenters. The molecule has 0 unspecified atom stereocenters. The molecular formula is C14H13N. The van der Waals surface area contributed by atoms with Gasteiger partial charge < -0.3 is 0 Å². The lowest BCUT2D eigenvalue weighted by Crippen LogP contribution is -2.06. The van der Waals surface area contributed by atoms with Crippen LogP contribution in [0, 0.1) is 6.92 Å². The zero-order chi connectivity index (χ0) is 10.3. The second-order valence-electron chi connectivity index (χ2n) is 4.10. The quantitative estimate of drug-likeness (QED) is 0.629. The number of aryl methyl sites for hydroxylation is 3. The van der Waals surface area contributed by atoms with Crippen LogP contribution in [0.5, 0.6) is 0 Å². The van der Waals surface area contributed by atoms with Gasteiger partial charge in [0, 0.05) is 17.0 Å². The van der Waals surface area contributed by atoms with Gasteiger partial charge in [-0.05, 0) is 37.0 Å². The van der Waals surface area contributed by atoms with E-state index in [0.29, 0.717) is 0 Å². The molecule has 74 valence electrons. The Hall–Kier alpha value is -1.63. The molecule has 15 heavy (non-hydrogen) atoms. The number of benzene rings is 1. The monoisotopic (exact) mass is 195 g/mol. The van der Waals surface area contributed by atoms with Crippen molar-refractivity contribution in [2.75, 3.05) is 0 Å². The van der Waals surface area contributed by atoms with Crippen molar-refractivity contribution < 1.29 is 0 Å². The molecule has 1 aromatic carbocycles. The summed E-state index contributed by atoms with van der Waals surface area (Å²) in [6.45, 7) is 2.06. The Balaban J connectivity index is 2.26. The summed E-state index contributed by atoms with van der Waals surface area (Å²) < 4.78 is 0. The molecule has 1 nitrogen and oxygen atoms in total. The number of hydrogen-bond acceptors (Lipinski definition) is 1. The first kappa shape index (κ1) is 8.66. The average Bonchev–Trinajstić information content (AvgIpc) is 2.28. The molecule has 1 aromatic heterocycles. The Morgan fingerprint density at radius 2 is 1.80 bits per heavy atom. The van der Waals surface area contributed by atoms with Gasteiger partial charge in [-0.15, -0.1) is 0 Å². The first-order valence-corrected chi connectivity index (χ1v) is 5.39. The Morgan fingerprint density at radius 1 is 0.933 bits per heavy atom.